The van der Waals surface area contributed by atoms with E-state index < -0.39 is 0 Å². The molecule has 1 N–H and O–H groups in total. The van der Waals surface area contributed by atoms with Crippen LogP contribution in [0.3, 0.4) is 0 Å². The first-order chi connectivity index (χ1) is 7.86. The molecule has 0 aliphatic heterocycles. The Morgan fingerprint density at radius 2 is 1.38 bits per heavy atom. The van der Waals surface area contributed by atoms with Crippen molar-refractivity contribution in [2.45, 2.75) is 63.8 Å². The number of hydrogen-bond acceptors (Lipinski definition) is 1. The number of carbonyl (C=O) groups excluding carboxylic acids is 1. The van der Waals surface area contributed by atoms with Crippen LogP contribution in [0.15, 0.2) is 0 Å². The van der Waals surface area contributed by atoms with E-state index in [-0.39, 0.29) is 0 Å². The summed E-state index contributed by atoms with van der Waals surface area (Å²) >= 11 is 0. The molecule has 16 heavy (non-hydrogen) atoms. The Hall–Kier alpha value is -0.530. The van der Waals surface area contributed by atoms with Gasteiger partial charge < -0.3 is 5.32 Å². The van der Waals surface area contributed by atoms with Crippen LogP contribution in [0.4, 0.5) is 0 Å². The van der Waals surface area contributed by atoms with Gasteiger partial charge in [-0.25, -0.2) is 0 Å². The molecule has 0 aromatic heterocycles. The molecule has 3 fully saturated rings. The van der Waals surface area contributed by atoms with Crippen molar-refractivity contribution in [2.24, 2.45) is 17.8 Å². The molecule has 0 aromatic rings. The lowest BCUT2D eigenvalue weighted by molar-refractivity contribution is -0.123. The highest BCUT2D eigenvalue weighted by molar-refractivity contribution is 5.82. The van der Waals surface area contributed by atoms with Crippen molar-refractivity contribution >= 4 is 5.91 Å². The summed E-state index contributed by atoms with van der Waals surface area (Å²) < 4.78 is 0. The van der Waals surface area contributed by atoms with Gasteiger partial charge in [0.25, 0.3) is 0 Å². The first kappa shape index (κ1) is 10.6. The van der Waals surface area contributed by atoms with Gasteiger partial charge in [0.05, 0.1) is 0 Å². The molecule has 0 bridgehead atoms. The van der Waals surface area contributed by atoms with Gasteiger partial charge in [0, 0.05) is 12.0 Å². The monoisotopic (exact) mass is 221 g/mol. The van der Waals surface area contributed by atoms with E-state index >= 15 is 0 Å². The molecule has 0 saturated heterocycles. The van der Waals surface area contributed by atoms with E-state index in [9.17, 15) is 4.79 Å². The van der Waals surface area contributed by atoms with Gasteiger partial charge in [-0.1, -0.05) is 32.1 Å². The van der Waals surface area contributed by atoms with Gasteiger partial charge in [-0.05, 0) is 37.5 Å². The van der Waals surface area contributed by atoms with Crippen molar-refractivity contribution in [3.63, 3.8) is 0 Å². The highest BCUT2D eigenvalue weighted by Gasteiger charge is 2.54. The summed E-state index contributed by atoms with van der Waals surface area (Å²) in [6.07, 6.45) is 11.7. The predicted molar refractivity (Wildman–Crippen MR) is 64.0 cm³/mol. The summed E-state index contributed by atoms with van der Waals surface area (Å²) in [6.45, 7) is 0. The molecule has 3 aliphatic rings. The molecule has 2 heteroatoms. The summed E-state index contributed by atoms with van der Waals surface area (Å²) in [6, 6.07) is 0.504. The zero-order valence-electron chi connectivity index (χ0n) is 10.1. The van der Waals surface area contributed by atoms with Gasteiger partial charge in [0.2, 0.25) is 5.91 Å². The number of hydrogen-bond donors (Lipinski definition) is 1. The third-order valence-electron chi connectivity index (χ3n) is 4.91. The second kappa shape index (κ2) is 4.38. The van der Waals surface area contributed by atoms with Crippen LogP contribution in [0.5, 0.6) is 0 Å². The predicted octanol–water partition coefficient (Wildman–Crippen LogP) is 2.87. The first-order valence-electron chi connectivity index (χ1n) is 7.16. The second-order valence-electron chi connectivity index (χ2n) is 5.98. The maximum Gasteiger partial charge on any atom is 0.223 e. The van der Waals surface area contributed by atoms with Crippen molar-refractivity contribution < 1.29 is 4.79 Å². The van der Waals surface area contributed by atoms with E-state index in [0.29, 0.717) is 17.9 Å². The molecule has 1 amide bonds. The van der Waals surface area contributed by atoms with Crippen molar-refractivity contribution in [3.05, 3.63) is 0 Å². The van der Waals surface area contributed by atoms with Crippen LogP contribution in [0, 0.1) is 17.8 Å². The molecular weight excluding hydrogens is 198 g/mol. The number of nitrogens with one attached hydrogen (secondary N) is 1. The van der Waals surface area contributed by atoms with Crippen LogP contribution < -0.4 is 5.32 Å². The minimum absolute atomic E-state index is 0.392. The molecule has 0 radical (unpaired) electrons. The summed E-state index contributed by atoms with van der Waals surface area (Å²) in [7, 11) is 0. The van der Waals surface area contributed by atoms with Crippen LogP contribution in [0.2, 0.25) is 0 Å². The highest BCUT2D eigenvalue weighted by atomic mass is 16.2. The Kier molecular flexibility index (Phi) is 2.91. The van der Waals surface area contributed by atoms with E-state index in [1.807, 2.05) is 0 Å². The van der Waals surface area contributed by atoms with Gasteiger partial charge in [0.1, 0.15) is 0 Å². The second-order valence-corrected chi connectivity index (χ2v) is 5.98. The van der Waals surface area contributed by atoms with Gasteiger partial charge in [0.15, 0.2) is 0 Å². The van der Waals surface area contributed by atoms with Crippen LogP contribution in [0.1, 0.15) is 57.8 Å². The number of amides is 1. The van der Waals surface area contributed by atoms with Crippen LogP contribution in [0.25, 0.3) is 0 Å². The minimum atomic E-state index is 0.392. The van der Waals surface area contributed by atoms with Crippen LogP contribution in [-0.4, -0.2) is 11.9 Å². The molecule has 0 heterocycles. The fourth-order valence-corrected chi connectivity index (χ4v) is 3.93. The summed E-state index contributed by atoms with van der Waals surface area (Å²) in [5.74, 6) is 2.32. The SMILES string of the molecule is O=C(NC1CCCCC1)C1C2CCCCC21. The molecule has 3 rings (SSSR count). The van der Waals surface area contributed by atoms with E-state index in [0.717, 1.165) is 11.8 Å². The summed E-state index contributed by atoms with van der Waals surface area (Å²) in [5, 5.41) is 3.30. The highest BCUT2D eigenvalue weighted by Crippen LogP contribution is 2.55. The molecular formula is C14H23NO. The first-order valence-corrected chi connectivity index (χ1v) is 7.16. The van der Waals surface area contributed by atoms with Crippen molar-refractivity contribution in [3.8, 4) is 0 Å². The minimum Gasteiger partial charge on any atom is -0.353 e. The van der Waals surface area contributed by atoms with E-state index in [1.54, 1.807) is 0 Å². The Morgan fingerprint density at radius 1 is 0.812 bits per heavy atom. The third kappa shape index (κ3) is 1.99. The number of carbonyl (C=O) groups is 1. The third-order valence-corrected chi connectivity index (χ3v) is 4.91. The van der Waals surface area contributed by atoms with Gasteiger partial charge in [-0.3, -0.25) is 4.79 Å². The Balaban J connectivity index is 1.50. The molecule has 0 aromatic carbocycles. The van der Waals surface area contributed by atoms with Gasteiger partial charge in [-0.15, -0.1) is 0 Å². The topological polar surface area (TPSA) is 29.1 Å². The zero-order chi connectivity index (χ0) is 11.0. The lowest BCUT2D eigenvalue weighted by Gasteiger charge is -2.22. The number of fused-ring (bicyclic) bond motifs is 1. The van der Waals surface area contributed by atoms with E-state index in [4.69, 9.17) is 0 Å². The van der Waals surface area contributed by atoms with Crippen molar-refractivity contribution in [1.82, 2.24) is 5.32 Å². The van der Waals surface area contributed by atoms with E-state index in [2.05, 4.69) is 5.32 Å². The van der Waals surface area contributed by atoms with Gasteiger partial charge in [-0.2, -0.15) is 0 Å². The Labute approximate surface area is 98.2 Å². The zero-order valence-corrected chi connectivity index (χ0v) is 10.1. The average molecular weight is 221 g/mol. The maximum atomic E-state index is 12.1. The van der Waals surface area contributed by atoms with Crippen LogP contribution in [-0.2, 0) is 4.79 Å². The molecule has 2 unspecified atom stereocenters. The molecule has 3 aliphatic carbocycles. The molecule has 3 saturated carbocycles. The van der Waals surface area contributed by atoms with Crippen LogP contribution >= 0.6 is 0 Å². The average Bonchev–Trinajstić information content (AvgIpc) is 3.04. The smallest absolute Gasteiger partial charge is 0.223 e. The molecule has 0 spiro atoms. The quantitative estimate of drug-likeness (QED) is 0.763. The lowest BCUT2D eigenvalue weighted by Crippen LogP contribution is -2.37. The molecule has 90 valence electrons. The normalized spacial score (nSPS) is 38.9. The molecule has 2 atom stereocenters. The molecule has 2 nitrogen and oxygen atoms in total. The lowest BCUT2D eigenvalue weighted by atomic mass is 9.95. The number of rotatable bonds is 2. The summed E-state index contributed by atoms with van der Waals surface area (Å²) in [4.78, 5) is 12.1. The van der Waals surface area contributed by atoms with Crippen molar-refractivity contribution in [1.29, 1.82) is 0 Å². The van der Waals surface area contributed by atoms with Crippen molar-refractivity contribution in [2.75, 3.05) is 0 Å². The van der Waals surface area contributed by atoms with Gasteiger partial charge >= 0.3 is 0 Å². The summed E-state index contributed by atoms with van der Waals surface area (Å²) in [5.41, 5.74) is 0. The largest absolute Gasteiger partial charge is 0.353 e. The standard InChI is InChI=1S/C14H23NO/c16-14(15-10-6-2-1-3-7-10)13-11-8-4-5-9-12(11)13/h10-13H,1-9H2,(H,15,16). The maximum absolute atomic E-state index is 12.1. The fraction of sp³-hybridized carbons (Fsp3) is 0.929. The Bertz CT molecular complexity index is 258. The van der Waals surface area contributed by atoms with E-state index in [1.165, 1.54) is 57.8 Å². The Morgan fingerprint density at radius 3 is 2.00 bits per heavy atom. The fourth-order valence-electron chi connectivity index (χ4n) is 3.93.